The second-order valence-electron chi connectivity index (χ2n) is 10.8. The van der Waals surface area contributed by atoms with Gasteiger partial charge in [-0.05, 0) is 93.7 Å². The molecule has 0 aromatic carbocycles. The van der Waals surface area contributed by atoms with Crippen LogP contribution in [0.15, 0.2) is 48.8 Å². The van der Waals surface area contributed by atoms with Crippen molar-refractivity contribution < 1.29 is 37.7 Å². The zero-order chi connectivity index (χ0) is 31.9. The van der Waals surface area contributed by atoms with Gasteiger partial charge in [-0.25, -0.2) is 28.3 Å². The summed E-state index contributed by atoms with van der Waals surface area (Å²) in [7, 11) is 1.24. The molecule has 10 nitrogen and oxygen atoms in total. The number of ether oxygens (including phenoxy) is 3. The Balaban J connectivity index is 1.46. The number of thioether (sulfide) groups is 1. The van der Waals surface area contributed by atoms with Crippen LogP contribution in [-0.4, -0.2) is 63.5 Å². The van der Waals surface area contributed by atoms with E-state index >= 15 is 0 Å². The Morgan fingerprint density at radius 2 is 1.91 bits per heavy atom. The SMILES string of the molecule is COC(=O)[C@]1(OC(=O)OCCSC)CC[C@@H]([C@@](C)(O)c2ccc(-c3cc(C)cc(Nc4cc(C(F)F)ccn4)n3)cn2)CC1. The van der Waals surface area contributed by atoms with Crippen LogP contribution in [0.5, 0.6) is 0 Å². The molecule has 4 rings (SSSR count). The molecule has 1 atom stereocenters. The van der Waals surface area contributed by atoms with Crippen molar-refractivity contribution in [1.29, 1.82) is 0 Å². The average molecular weight is 631 g/mol. The Kier molecular flexibility index (Phi) is 10.7. The second kappa shape index (κ2) is 14.3. The number of nitrogens with zero attached hydrogens (tertiary/aromatic N) is 3. The third-order valence-corrected chi connectivity index (χ3v) is 8.35. The van der Waals surface area contributed by atoms with Crippen molar-refractivity contribution >= 4 is 35.5 Å². The fourth-order valence-corrected chi connectivity index (χ4v) is 5.54. The standard InChI is InChI=1S/C31H36F2N4O6S/c1-19-15-23(36-26(16-19)37-25-17-20(27(32)33)9-12-34-25)21-5-6-24(35-18-21)30(2,40)22-7-10-31(11-8-22,28(38)41-3)43-29(39)42-13-14-44-4/h5-6,9,12,15-18,22,27,40H,7-8,10-11,13-14H2,1-4H3,(H,34,36,37)/t22-,30-,31+/m1/s1. The van der Waals surface area contributed by atoms with E-state index in [0.29, 0.717) is 41.4 Å². The Labute approximate surface area is 258 Å². The second-order valence-corrected chi connectivity index (χ2v) is 11.8. The number of alkyl halides is 2. The Bertz CT molecular complexity index is 1450. The van der Waals surface area contributed by atoms with E-state index in [0.717, 1.165) is 5.56 Å². The van der Waals surface area contributed by atoms with Gasteiger partial charge in [0.25, 0.3) is 6.43 Å². The minimum atomic E-state index is -2.61. The van der Waals surface area contributed by atoms with E-state index in [-0.39, 0.29) is 36.7 Å². The molecule has 1 aliphatic carbocycles. The number of hydrogen-bond acceptors (Lipinski definition) is 11. The molecule has 1 saturated carbocycles. The molecule has 3 aromatic rings. The van der Waals surface area contributed by atoms with Gasteiger partial charge < -0.3 is 24.6 Å². The number of carbonyl (C=O) groups is 2. The van der Waals surface area contributed by atoms with Crippen molar-refractivity contribution in [3.05, 3.63) is 65.6 Å². The van der Waals surface area contributed by atoms with Crippen LogP contribution in [0.2, 0.25) is 0 Å². The van der Waals surface area contributed by atoms with E-state index in [4.69, 9.17) is 14.2 Å². The molecular weight excluding hydrogens is 594 g/mol. The summed E-state index contributed by atoms with van der Waals surface area (Å²) in [5, 5.41) is 14.6. The number of rotatable bonds is 11. The van der Waals surface area contributed by atoms with Crippen molar-refractivity contribution in [2.24, 2.45) is 5.92 Å². The number of hydrogen-bond donors (Lipinski definition) is 2. The van der Waals surface area contributed by atoms with Crippen molar-refractivity contribution in [3.63, 3.8) is 0 Å². The molecule has 3 heterocycles. The summed E-state index contributed by atoms with van der Waals surface area (Å²) in [5.74, 6) is 0.348. The normalized spacial score (nSPS) is 19.6. The van der Waals surface area contributed by atoms with E-state index in [1.54, 1.807) is 31.3 Å². The number of carbonyl (C=O) groups excluding carboxylic acids is 2. The third kappa shape index (κ3) is 7.81. The molecule has 0 aliphatic heterocycles. The van der Waals surface area contributed by atoms with Crippen LogP contribution in [0.3, 0.4) is 0 Å². The third-order valence-electron chi connectivity index (χ3n) is 7.77. The molecule has 2 N–H and O–H groups in total. The summed E-state index contributed by atoms with van der Waals surface area (Å²) in [5.41, 5.74) is -0.362. The van der Waals surface area contributed by atoms with Gasteiger partial charge in [-0.15, -0.1) is 0 Å². The molecule has 1 aliphatic rings. The quantitative estimate of drug-likeness (QED) is 0.181. The Morgan fingerprint density at radius 1 is 1.16 bits per heavy atom. The fraction of sp³-hybridized carbons (Fsp3) is 0.452. The first-order valence-corrected chi connectivity index (χ1v) is 15.5. The van der Waals surface area contributed by atoms with Gasteiger partial charge in [0.05, 0.1) is 18.5 Å². The summed E-state index contributed by atoms with van der Waals surface area (Å²) in [6, 6.07) is 9.70. The average Bonchev–Trinajstić information content (AvgIpc) is 3.01. The van der Waals surface area contributed by atoms with E-state index in [9.17, 15) is 23.5 Å². The van der Waals surface area contributed by atoms with Gasteiger partial charge in [-0.1, -0.05) is 0 Å². The number of esters is 1. The van der Waals surface area contributed by atoms with Crippen LogP contribution in [0.25, 0.3) is 11.3 Å². The van der Waals surface area contributed by atoms with Crippen LogP contribution < -0.4 is 5.32 Å². The summed E-state index contributed by atoms with van der Waals surface area (Å²) in [4.78, 5) is 38.2. The minimum absolute atomic E-state index is 0.145. The maximum Gasteiger partial charge on any atom is 0.509 e. The van der Waals surface area contributed by atoms with Gasteiger partial charge in [0.1, 0.15) is 23.8 Å². The summed E-state index contributed by atoms with van der Waals surface area (Å²) in [6.45, 7) is 3.73. The highest BCUT2D eigenvalue weighted by Gasteiger charge is 2.50. The van der Waals surface area contributed by atoms with Crippen LogP contribution in [-0.2, 0) is 24.6 Å². The number of pyridine rings is 3. The molecule has 0 amide bonds. The highest BCUT2D eigenvalue weighted by molar-refractivity contribution is 7.98. The summed E-state index contributed by atoms with van der Waals surface area (Å²) < 4.78 is 41.7. The molecule has 0 bridgehead atoms. The molecule has 44 heavy (non-hydrogen) atoms. The maximum atomic E-state index is 13.1. The molecule has 0 spiro atoms. The maximum absolute atomic E-state index is 13.1. The number of nitrogens with one attached hydrogen (secondary N) is 1. The predicted octanol–water partition coefficient (Wildman–Crippen LogP) is 6.35. The summed E-state index contributed by atoms with van der Waals surface area (Å²) >= 11 is 1.51. The highest BCUT2D eigenvalue weighted by Crippen LogP contribution is 2.44. The van der Waals surface area contributed by atoms with Crippen LogP contribution in [0.4, 0.5) is 25.2 Å². The number of anilines is 2. The zero-order valence-corrected chi connectivity index (χ0v) is 25.8. The number of aliphatic hydroxyl groups is 1. The lowest BCUT2D eigenvalue weighted by atomic mass is 9.71. The van der Waals surface area contributed by atoms with E-state index in [1.807, 2.05) is 19.2 Å². The van der Waals surface area contributed by atoms with Gasteiger partial charge in [-0.2, -0.15) is 11.8 Å². The number of aryl methyl sites for hydroxylation is 1. The smallest absolute Gasteiger partial charge is 0.466 e. The zero-order valence-electron chi connectivity index (χ0n) is 25.0. The molecule has 1 fully saturated rings. The van der Waals surface area contributed by atoms with E-state index < -0.39 is 29.8 Å². The van der Waals surface area contributed by atoms with Crippen LogP contribution in [0.1, 0.15) is 55.9 Å². The summed E-state index contributed by atoms with van der Waals surface area (Å²) in [6.07, 6.45) is 2.34. The molecule has 13 heteroatoms. The molecular formula is C31H36F2N4O6S. The number of halogens is 2. The van der Waals surface area contributed by atoms with Crippen molar-refractivity contribution in [2.75, 3.05) is 31.0 Å². The van der Waals surface area contributed by atoms with Crippen molar-refractivity contribution in [3.8, 4) is 11.3 Å². The Morgan fingerprint density at radius 3 is 2.55 bits per heavy atom. The number of aromatic nitrogens is 3. The fourth-order valence-electron chi connectivity index (χ4n) is 5.29. The van der Waals surface area contributed by atoms with Gasteiger partial charge in [0.15, 0.2) is 0 Å². The van der Waals surface area contributed by atoms with Crippen molar-refractivity contribution in [1.82, 2.24) is 15.0 Å². The number of methoxy groups -OCH3 is 1. The van der Waals surface area contributed by atoms with Gasteiger partial charge in [0, 0.05) is 29.3 Å². The minimum Gasteiger partial charge on any atom is -0.466 e. The molecule has 0 unspecified atom stereocenters. The molecule has 0 radical (unpaired) electrons. The molecule has 0 saturated heterocycles. The lowest BCUT2D eigenvalue weighted by molar-refractivity contribution is -0.173. The van der Waals surface area contributed by atoms with E-state index in [2.05, 4.69) is 20.3 Å². The van der Waals surface area contributed by atoms with E-state index in [1.165, 1.54) is 37.2 Å². The first kappa shape index (κ1) is 33.1. The highest BCUT2D eigenvalue weighted by atomic mass is 32.2. The lowest BCUT2D eigenvalue weighted by Crippen LogP contribution is -2.49. The first-order valence-electron chi connectivity index (χ1n) is 14.1. The van der Waals surface area contributed by atoms with Crippen molar-refractivity contribution in [2.45, 2.75) is 57.2 Å². The monoisotopic (exact) mass is 630 g/mol. The predicted molar refractivity (Wildman–Crippen MR) is 162 cm³/mol. The topological polar surface area (TPSA) is 133 Å². The van der Waals surface area contributed by atoms with Crippen LogP contribution in [0, 0.1) is 12.8 Å². The van der Waals surface area contributed by atoms with Gasteiger partial charge in [0.2, 0.25) is 5.60 Å². The van der Waals surface area contributed by atoms with Crippen LogP contribution >= 0.6 is 11.8 Å². The molecule has 236 valence electrons. The largest absolute Gasteiger partial charge is 0.509 e. The molecule has 3 aromatic heterocycles. The van der Waals surface area contributed by atoms with Gasteiger partial charge in [-0.3, -0.25) is 4.98 Å². The van der Waals surface area contributed by atoms with Gasteiger partial charge >= 0.3 is 12.1 Å². The lowest BCUT2D eigenvalue weighted by Gasteiger charge is -2.41. The first-order chi connectivity index (χ1) is 21.0. The Hall–Kier alpha value is -3.84.